The van der Waals surface area contributed by atoms with Gasteiger partial charge in [-0.15, -0.1) is 0 Å². The van der Waals surface area contributed by atoms with E-state index >= 15 is 0 Å². The van der Waals surface area contributed by atoms with E-state index in [0.717, 1.165) is 22.1 Å². The maximum Gasteiger partial charge on any atom is 0.264 e. The minimum Gasteiger partial charge on any atom is -0.494 e. The summed E-state index contributed by atoms with van der Waals surface area (Å²) >= 11 is 3.34. The standard InChI is InChI=1S/C25H25BrN2O4S/c1-3-32-22-12-10-21(11-13-22)27(33(30,31)23-14-8-20(26)9-15-23)17-25(29)28-18(2)16-19-6-4-5-7-24(19)28/h4-15,18H,3,16-17H2,1-2H3. The number of halogens is 1. The van der Waals surface area contributed by atoms with E-state index in [1.54, 1.807) is 41.3 Å². The Bertz CT molecular complexity index is 1240. The number of fused-ring (bicyclic) bond motifs is 1. The first kappa shape index (κ1) is 23.3. The number of ether oxygens (including phenoxy) is 1. The van der Waals surface area contributed by atoms with Gasteiger partial charge in [0.05, 0.1) is 17.2 Å². The van der Waals surface area contributed by atoms with E-state index in [-0.39, 0.29) is 23.4 Å². The molecule has 4 rings (SSSR count). The Morgan fingerprint density at radius 2 is 1.73 bits per heavy atom. The molecule has 8 heteroatoms. The van der Waals surface area contributed by atoms with E-state index in [1.807, 2.05) is 38.1 Å². The van der Waals surface area contributed by atoms with Gasteiger partial charge in [0.2, 0.25) is 5.91 Å². The van der Waals surface area contributed by atoms with Gasteiger partial charge in [0, 0.05) is 16.2 Å². The first-order valence-electron chi connectivity index (χ1n) is 10.7. The molecule has 1 unspecified atom stereocenters. The molecule has 0 fully saturated rings. The fraction of sp³-hybridized carbons (Fsp3) is 0.240. The number of amides is 1. The van der Waals surface area contributed by atoms with Crippen molar-refractivity contribution in [1.82, 2.24) is 0 Å². The summed E-state index contributed by atoms with van der Waals surface area (Å²) in [5.41, 5.74) is 2.32. The van der Waals surface area contributed by atoms with Crippen molar-refractivity contribution in [2.24, 2.45) is 0 Å². The van der Waals surface area contributed by atoms with Crippen LogP contribution in [-0.2, 0) is 21.2 Å². The van der Waals surface area contributed by atoms with Crippen molar-refractivity contribution in [3.8, 4) is 5.75 Å². The van der Waals surface area contributed by atoms with Crippen LogP contribution in [0.15, 0.2) is 82.2 Å². The molecule has 0 N–H and O–H groups in total. The van der Waals surface area contributed by atoms with Gasteiger partial charge in [-0.25, -0.2) is 8.42 Å². The molecule has 0 bridgehead atoms. The van der Waals surface area contributed by atoms with Crippen LogP contribution in [0.4, 0.5) is 11.4 Å². The monoisotopic (exact) mass is 528 g/mol. The summed E-state index contributed by atoms with van der Waals surface area (Å²) < 4.78 is 34.7. The zero-order valence-electron chi connectivity index (χ0n) is 18.4. The zero-order chi connectivity index (χ0) is 23.6. The van der Waals surface area contributed by atoms with E-state index in [1.165, 1.54) is 16.4 Å². The fourth-order valence-corrected chi connectivity index (χ4v) is 5.75. The maximum atomic E-state index is 13.6. The Hall–Kier alpha value is -2.84. The lowest BCUT2D eigenvalue weighted by molar-refractivity contribution is -0.117. The van der Waals surface area contributed by atoms with Gasteiger partial charge in [-0.1, -0.05) is 34.1 Å². The average Bonchev–Trinajstić information content (AvgIpc) is 3.14. The minimum absolute atomic E-state index is 0.0486. The number of carbonyl (C=O) groups is 1. The minimum atomic E-state index is -3.99. The van der Waals surface area contributed by atoms with Gasteiger partial charge < -0.3 is 9.64 Å². The SMILES string of the molecule is CCOc1ccc(N(CC(=O)N2c3ccccc3CC2C)S(=O)(=O)c2ccc(Br)cc2)cc1. The summed E-state index contributed by atoms with van der Waals surface area (Å²) in [4.78, 5) is 15.3. The number of hydrogen-bond acceptors (Lipinski definition) is 4. The first-order valence-corrected chi connectivity index (χ1v) is 13.0. The third kappa shape index (κ3) is 4.77. The number of para-hydroxylation sites is 1. The van der Waals surface area contributed by atoms with Crippen LogP contribution in [0.5, 0.6) is 5.75 Å². The Morgan fingerprint density at radius 3 is 2.39 bits per heavy atom. The van der Waals surface area contributed by atoms with Crippen LogP contribution in [0.3, 0.4) is 0 Å². The van der Waals surface area contributed by atoms with Crippen molar-refractivity contribution >= 4 is 43.2 Å². The van der Waals surface area contributed by atoms with Crippen LogP contribution in [0, 0.1) is 0 Å². The molecule has 1 amide bonds. The number of hydrogen-bond donors (Lipinski definition) is 0. The van der Waals surface area contributed by atoms with Crippen molar-refractivity contribution in [2.45, 2.75) is 31.2 Å². The molecular formula is C25H25BrN2O4S. The third-order valence-electron chi connectivity index (χ3n) is 5.59. The van der Waals surface area contributed by atoms with Gasteiger partial charge in [0.1, 0.15) is 12.3 Å². The van der Waals surface area contributed by atoms with Gasteiger partial charge in [0.15, 0.2) is 0 Å². The highest BCUT2D eigenvalue weighted by molar-refractivity contribution is 9.10. The molecule has 6 nitrogen and oxygen atoms in total. The summed E-state index contributed by atoms with van der Waals surface area (Å²) in [6.07, 6.45) is 0.741. The van der Waals surface area contributed by atoms with Crippen LogP contribution in [0.1, 0.15) is 19.4 Å². The van der Waals surface area contributed by atoms with Crippen LogP contribution >= 0.6 is 15.9 Å². The molecule has 0 aliphatic carbocycles. The van der Waals surface area contributed by atoms with Gasteiger partial charge in [0.25, 0.3) is 10.0 Å². The molecule has 0 spiro atoms. The summed E-state index contributed by atoms with van der Waals surface area (Å²) in [7, 11) is -3.99. The van der Waals surface area contributed by atoms with Crippen molar-refractivity contribution in [1.29, 1.82) is 0 Å². The Balaban J connectivity index is 1.71. The number of sulfonamides is 1. The molecule has 0 radical (unpaired) electrons. The summed E-state index contributed by atoms with van der Waals surface area (Å²) in [5.74, 6) is 0.359. The van der Waals surface area contributed by atoms with Crippen LogP contribution in [0.25, 0.3) is 0 Å². The molecule has 33 heavy (non-hydrogen) atoms. The van der Waals surface area contributed by atoms with Crippen molar-refractivity contribution < 1.29 is 17.9 Å². The quantitative estimate of drug-likeness (QED) is 0.431. The lowest BCUT2D eigenvalue weighted by Gasteiger charge is -2.29. The molecular weight excluding hydrogens is 504 g/mol. The molecule has 1 heterocycles. The normalized spacial score (nSPS) is 15.2. The van der Waals surface area contributed by atoms with Crippen LogP contribution < -0.4 is 13.9 Å². The van der Waals surface area contributed by atoms with E-state index in [0.29, 0.717) is 18.0 Å². The van der Waals surface area contributed by atoms with E-state index < -0.39 is 10.0 Å². The lowest BCUT2D eigenvalue weighted by atomic mass is 10.1. The van der Waals surface area contributed by atoms with Crippen molar-refractivity contribution in [3.63, 3.8) is 0 Å². The maximum absolute atomic E-state index is 13.6. The number of anilines is 2. The summed E-state index contributed by atoms with van der Waals surface area (Å²) in [6, 6.07) is 20.8. The van der Waals surface area contributed by atoms with Crippen molar-refractivity contribution in [2.75, 3.05) is 22.4 Å². The van der Waals surface area contributed by atoms with E-state index in [9.17, 15) is 13.2 Å². The zero-order valence-corrected chi connectivity index (χ0v) is 20.8. The van der Waals surface area contributed by atoms with Gasteiger partial charge in [-0.3, -0.25) is 9.10 Å². The molecule has 3 aromatic carbocycles. The van der Waals surface area contributed by atoms with E-state index in [4.69, 9.17) is 4.74 Å². The average molecular weight is 529 g/mol. The smallest absolute Gasteiger partial charge is 0.264 e. The topological polar surface area (TPSA) is 66.9 Å². The summed E-state index contributed by atoms with van der Waals surface area (Å²) in [6.45, 7) is 4.05. The van der Waals surface area contributed by atoms with Crippen LogP contribution in [0.2, 0.25) is 0 Å². The third-order valence-corrected chi connectivity index (χ3v) is 7.91. The largest absolute Gasteiger partial charge is 0.494 e. The molecule has 3 aromatic rings. The van der Waals surface area contributed by atoms with Crippen molar-refractivity contribution in [3.05, 3.63) is 82.8 Å². The molecule has 0 saturated carbocycles. The molecule has 1 atom stereocenters. The summed E-state index contributed by atoms with van der Waals surface area (Å²) in [5, 5.41) is 0. The number of nitrogens with zero attached hydrogens (tertiary/aromatic N) is 2. The van der Waals surface area contributed by atoms with Gasteiger partial charge in [-0.2, -0.15) is 0 Å². The Labute approximate surface area is 203 Å². The Kier molecular flexibility index (Phi) is 6.76. The van der Waals surface area contributed by atoms with Crippen LogP contribution in [-0.4, -0.2) is 33.5 Å². The van der Waals surface area contributed by atoms with Gasteiger partial charge in [-0.05, 0) is 80.4 Å². The first-order chi connectivity index (χ1) is 15.8. The Morgan fingerprint density at radius 1 is 1.06 bits per heavy atom. The lowest BCUT2D eigenvalue weighted by Crippen LogP contribution is -2.45. The second kappa shape index (κ2) is 9.57. The predicted octanol–water partition coefficient (Wildman–Crippen LogP) is 5.02. The fourth-order valence-electron chi connectivity index (χ4n) is 4.07. The number of carbonyl (C=O) groups excluding carboxylic acids is 1. The second-order valence-electron chi connectivity index (χ2n) is 7.84. The van der Waals surface area contributed by atoms with Gasteiger partial charge >= 0.3 is 0 Å². The molecule has 0 aromatic heterocycles. The molecule has 172 valence electrons. The molecule has 1 aliphatic heterocycles. The number of benzene rings is 3. The highest BCUT2D eigenvalue weighted by Gasteiger charge is 2.34. The molecule has 1 aliphatic rings. The predicted molar refractivity (Wildman–Crippen MR) is 133 cm³/mol. The van der Waals surface area contributed by atoms with E-state index in [2.05, 4.69) is 15.9 Å². The highest BCUT2D eigenvalue weighted by Crippen LogP contribution is 2.33. The second-order valence-corrected chi connectivity index (χ2v) is 10.6. The number of rotatable bonds is 7. The molecule has 0 saturated heterocycles. The highest BCUT2D eigenvalue weighted by atomic mass is 79.9.